The van der Waals surface area contributed by atoms with E-state index in [1.807, 2.05) is 6.92 Å². The van der Waals surface area contributed by atoms with Crippen LogP contribution in [0.25, 0.3) is 0 Å². The molecule has 0 amide bonds. The number of nitrogens with two attached hydrogens (primary N) is 1. The van der Waals surface area contributed by atoms with Crippen molar-refractivity contribution in [2.45, 2.75) is 19.4 Å². The molecule has 1 aromatic rings. The Morgan fingerprint density at radius 2 is 2.21 bits per heavy atom. The van der Waals surface area contributed by atoms with Crippen LogP contribution in [0.15, 0.2) is 12.1 Å². The van der Waals surface area contributed by atoms with Gasteiger partial charge >= 0.3 is 0 Å². The van der Waals surface area contributed by atoms with Gasteiger partial charge in [0, 0.05) is 6.04 Å². The Hall–Kier alpha value is -0.800. The van der Waals surface area contributed by atoms with Gasteiger partial charge in [0.2, 0.25) is 0 Å². The lowest BCUT2D eigenvalue weighted by Gasteiger charge is -2.11. The zero-order chi connectivity index (χ0) is 10.7. The molecule has 1 unspecified atom stereocenters. The van der Waals surface area contributed by atoms with E-state index in [4.69, 9.17) is 22.1 Å². The van der Waals surface area contributed by atoms with Crippen molar-refractivity contribution in [3.8, 4) is 5.75 Å². The molecule has 1 aromatic carbocycles. The van der Waals surface area contributed by atoms with Crippen molar-refractivity contribution >= 4 is 11.6 Å². The van der Waals surface area contributed by atoms with Crippen LogP contribution in [0.3, 0.4) is 0 Å². The third kappa shape index (κ3) is 2.36. The Balaban J connectivity index is 3.10. The largest absolute Gasteiger partial charge is 0.493 e. The Morgan fingerprint density at radius 1 is 1.57 bits per heavy atom. The van der Waals surface area contributed by atoms with Gasteiger partial charge in [-0.15, -0.1) is 0 Å². The Kier molecular flexibility index (Phi) is 3.72. The van der Waals surface area contributed by atoms with E-state index in [2.05, 4.69) is 0 Å². The first kappa shape index (κ1) is 11.3. The van der Waals surface area contributed by atoms with Crippen molar-refractivity contribution in [1.29, 1.82) is 0 Å². The summed E-state index contributed by atoms with van der Waals surface area (Å²) in [5, 5.41) is 0.0651. The molecule has 4 heteroatoms. The topological polar surface area (TPSA) is 35.2 Å². The van der Waals surface area contributed by atoms with Crippen LogP contribution in [0.2, 0.25) is 5.02 Å². The highest BCUT2D eigenvalue weighted by atomic mass is 35.5. The van der Waals surface area contributed by atoms with Crippen molar-refractivity contribution in [2.75, 3.05) is 7.11 Å². The van der Waals surface area contributed by atoms with Crippen molar-refractivity contribution in [3.05, 3.63) is 28.5 Å². The summed E-state index contributed by atoms with van der Waals surface area (Å²) in [5.41, 5.74) is 6.37. The van der Waals surface area contributed by atoms with E-state index < -0.39 is 5.82 Å². The maximum Gasteiger partial charge on any atom is 0.183 e. The molecule has 0 saturated carbocycles. The average molecular weight is 218 g/mol. The second-order valence-corrected chi connectivity index (χ2v) is 3.64. The molecule has 0 spiro atoms. The van der Waals surface area contributed by atoms with Crippen LogP contribution in [0.5, 0.6) is 5.75 Å². The monoisotopic (exact) mass is 217 g/mol. The molecule has 0 aliphatic carbocycles. The van der Waals surface area contributed by atoms with E-state index in [1.165, 1.54) is 13.2 Å². The molecule has 0 aliphatic heterocycles. The van der Waals surface area contributed by atoms with Gasteiger partial charge in [0.1, 0.15) is 0 Å². The minimum Gasteiger partial charge on any atom is -0.493 e. The fourth-order valence-electron chi connectivity index (χ4n) is 1.30. The van der Waals surface area contributed by atoms with Crippen molar-refractivity contribution in [3.63, 3.8) is 0 Å². The average Bonchev–Trinajstić information content (AvgIpc) is 2.11. The summed E-state index contributed by atoms with van der Waals surface area (Å²) >= 11 is 5.61. The highest BCUT2D eigenvalue weighted by molar-refractivity contribution is 6.30. The molecule has 1 rings (SSSR count). The van der Waals surface area contributed by atoms with E-state index in [9.17, 15) is 4.39 Å². The molecule has 0 radical (unpaired) electrons. The molecule has 1 atom stereocenters. The fourth-order valence-corrected chi connectivity index (χ4v) is 1.45. The maximum absolute atomic E-state index is 13.4. The van der Waals surface area contributed by atoms with E-state index in [0.717, 1.165) is 5.56 Å². The first-order valence-electron chi connectivity index (χ1n) is 4.32. The summed E-state index contributed by atoms with van der Waals surface area (Å²) < 4.78 is 18.4. The summed E-state index contributed by atoms with van der Waals surface area (Å²) in [6, 6.07) is 3.20. The quantitative estimate of drug-likeness (QED) is 0.844. The standard InChI is InChI=1S/C10H13ClFNO/c1-6(13)5-7-3-4-8(11)9(12)10(7)14-2/h3-4,6H,5,13H2,1-2H3. The molecule has 0 saturated heterocycles. The van der Waals surface area contributed by atoms with Crippen molar-refractivity contribution in [1.82, 2.24) is 0 Å². The van der Waals surface area contributed by atoms with Gasteiger partial charge in [0.05, 0.1) is 12.1 Å². The fraction of sp³-hybridized carbons (Fsp3) is 0.400. The highest BCUT2D eigenvalue weighted by Crippen LogP contribution is 2.29. The SMILES string of the molecule is COc1c(CC(C)N)ccc(Cl)c1F. The van der Waals surface area contributed by atoms with E-state index in [-0.39, 0.29) is 16.8 Å². The molecule has 0 bridgehead atoms. The molecule has 2 N–H and O–H groups in total. The Labute approximate surface area is 87.8 Å². The minimum atomic E-state index is -0.521. The molecule has 14 heavy (non-hydrogen) atoms. The van der Waals surface area contributed by atoms with Gasteiger partial charge in [0.15, 0.2) is 11.6 Å². The van der Waals surface area contributed by atoms with Gasteiger partial charge in [0.25, 0.3) is 0 Å². The van der Waals surface area contributed by atoms with Crippen LogP contribution in [0.4, 0.5) is 4.39 Å². The molecular formula is C10H13ClFNO. The summed E-state index contributed by atoms with van der Waals surface area (Å²) in [5.74, 6) is -0.331. The van der Waals surface area contributed by atoms with Gasteiger partial charge in [-0.2, -0.15) is 0 Å². The highest BCUT2D eigenvalue weighted by Gasteiger charge is 2.13. The van der Waals surface area contributed by atoms with Crippen LogP contribution >= 0.6 is 11.6 Å². The van der Waals surface area contributed by atoms with Gasteiger partial charge in [-0.1, -0.05) is 17.7 Å². The number of methoxy groups -OCH3 is 1. The first-order chi connectivity index (χ1) is 6.56. The Morgan fingerprint density at radius 3 is 2.71 bits per heavy atom. The molecule has 0 fully saturated rings. The number of halogens is 2. The van der Waals surface area contributed by atoms with Crippen molar-refractivity contribution in [2.24, 2.45) is 5.73 Å². The van der Waals surface area contributed by atoms with Gasteiger partial charge < -0.3 is 10.5 Å². The predicted octanol–water partition coefficient (Wildman–Crippen LogP) is 2.38. The van der Waals surface area contributed by atoms with Crippen molar-refractivity contribution < 1.29 is 9.13 Å². The van der Waals surface area contributed by atoms with Gasteiger partial charge in [-0.3, -0.25) is 0 Å². The third-order valence-electron chi connectivity index (χ3n) is 1.88. The zero-order valence-electron chi connectivity index (χ0n) is 8.18. The predicted molar refractivity (Wildman–Crippen MR) is 55.3 cm³/mol. The molecule has 2 nitrogen and oxygen atoms in total. The summed E-state index contributed by atoms with van der Waals surface area (Å²) in [6.07, 6.45) is 0.567. The second-order valence-electron chi connectivity index (χ2n) is 3.24. The number of ether oxygens (including phenoxy) is 1. The number of rotatable bonds is 3. The van der Waals surface area contributed by atoms with Crippen LogP contribution in [0, 0.1) is 5.82 Å². The smallest absolute Gasteiger partial charge is 0.183 e. The van der Waals surface area contributed by atoms with E-state index >= 15 is 0 Å². The zero-order valence-corrected chi connectivity index (χ0v) is 8.94. The molecule has 0 aromatic heterocycles. The normalized spacial score (nSPS) is 12.6. The lowest BCUT2D eigenvalue weighted by Crippen LogP contribution is -2.18. The second kappa shape index (κ2) is 4.62. The van der Waals surface area contributed by atoms with Gasteiger partial charge in [-0.05, 0) is 25.0 Å². The third-order valence-corrected chi connectivity index (χ3v) is 2.17. The van der Waals surface area contributed by atoms with Crippen LogP contribution in [-0.4, -0.2) is 13.2 Å². The summed E-state index contributed by atoms with van der Waals surface area (Å²) in [7, 11) is 1.42. The summed E-state index contributed by atoms with van der Waals surface area (Å²) in [4.78, 5) is 0. The lowest BCUT2D eigenvalue weighted by molar-refractivity contribution is 0.380. The minimum absolute atomic E-state index is 0.0375. The number of benzene rings is 1. The van der Waals surface area contributed by atoms with Gasteiger partial charge in [-0.25, -0.2) is 4.39 Å². The summed E-state index contributed by atoms with van der Waals surface area (Å²) in [6.45, 7) is 1.85. The van der Waals surface area contributed by atoms with Crippen LogP contribution in [0.1, 0.15) is 12.5 Å². The number of hydrogen-bond acceptors (Lipinski definition) is 2. The molecule has 78 valence electrons. The van der Waals surface area contributed by atoms with E-state index in [1.54, 1.807) is 6.07 Å². The molecule has 0 heterocycles. The Bertz CT molecular complexity index is 328. The maximum atomic E-state index is 13.4. The van der Waals surface area contributed by atoms with Crippen LogP contribution in [-0.2, 0) is 6.42 Å². The lowest BCUT2D eigenvalue weighted by atomic mass is 10.1. The van der Waals surface area contributed by atoms with E-state index in [0.29, 0.717) is 6.42 Å². The first-order valence-corrected chi connectivity index (χ1v) is 4.70. The number of hydrogen-bond donors (Lipinski definition) is 1. The molecule has 0 aliphatic rings. The van der Waals surface area contributed by atoms with Crippen LogP contribution < -0.4 is 10.5 Å². The molecular weight excluding hydrogens is 205 g/mol.